The number of primary amides is 1. The van der Waals surface area contributed by atoms with E-state index in [2.05, 4.69) is 20.8 Å². The third kappa shape index (κ3) is 4.65. The summed E-state index contributed by atoms with van der Waals surface area (Å²) in [5.41, 5.74) is 4.82. The molecule has 1 aromatic carbocycles. The van der Waals surface area contributed by atoms with Crippen LogP contribution in [0.3, 0.4) is 0 Å². The van der Waals surface area contributed by atoms with E-state index in [0.29, 0.717) is 6.54 Å². The van der Waals surface area contributed by atoms with Crippen LogP contribution in [-0.2, 0) is 19.6 Å². The quantitative estimate of drug-likeness (QED) is 0.672. The number of benzene rings is 1. The SMILES string of the molecule is CC1(C)C[C@@H]2C[C@@](C)(CN2S(=O)(=O)c2cccc(C(=O)OCC(=O)NC(N)=O)c2)C1. The number of rotatable bonds is 5. The molecule has 1 aromatic rings. The minimum atomic E-state index is -3.80. The van der Waals surface area contributed by atoms with Crippen LogP contribution in [-0.4, -0.2) is 49.8 Å². The summed E-state index contributed by atoms with van der Waals surface area (Å²) in [5.74, 6) is -1.75. The van der Waals surface area contributed by atoms with Gasteiger partial charge in [0.2, 0.25) is 10.0 Å². The van der Waals surface area contributed by atoms with Gasteiger partial charge in [0.05, 0.1) is 10.5 Å². The second-order valence-electron chi connectivity index (χ2n) is 9.28. The highest BCUT2D eigenvalue weighted by Gasteiger charge is 2.53. The average Bonchev–Trinajstić information content (AvgIpc) is 2.88. The lowest BCUT2D eigenvalue weighted by molar-refractivity contribution is -0.123. The van der Waals surface area contributed by atoms with Gasteiger partial charge in [-0.2, -0.15) is 4.31 Å². The molecule has 1 saturated heterocycles. The molecule has 3 N–H and O–H groups in total. The first-order valence-corrected chi connectivity index (χ1v) is 11.1. The van der Waals surface area contributed by atoms with Gasteiger partial charge in [0.1, 0.15) is 0 Å². The van der Waals surface area contributed by atoms with Crippen LogP contribution in [0.25, 0.3) is 0 Å². The lowest BCUT2D eigenvalue weighted by atomic mass is 9.65. The fraction of sp³-hybridized carbons (Fsp3) is 0.550. The number of esters is 1. The van der Waals surface area contributed by atoms with E-state index in [0.717, 1.165) is 19.3 Å². The summed E-state index contributed by atoms with van der Waals surface area (Å²) in [7, 11) is -3.80. The number of carbonyl (C=O) groups is 3. The lowest BCUT2D eigenvalue weighted by Crippen LogP contribution is -2.38. The first kappa shape index (κ1) is 22.2. The molecule has 2 fully saturated rings. The molecular weight excluding hydrogens is 410 g/mol. The van der Waals surface area contributed by atoms with E-state index < -0.39 is 34.5 Å². The summed E-state index contributed by atoms with van der Waals surface area (Å²) in [6, 6.07) is 4.43. The van der Waals surface area contributed by atoms with Gasteiger partial charge in [-0.3, -0.25) is 10.1 Å². The molecule has 9 nitrogen and oxygen atoms in total. The molecular formula is C20H27N3O6S. The summed E-state index contributed by atoms with van der Waals surface area (Å²) in [6.07, 6.45) is 2.58. The van der Waals surface area contributed by atoms with Crippen molar-refractivity contribution in [3.05, 3.63) is 29.8 Å². The van der Waals surface area contributed by atoms with Crippen LogP contribution in [0, 0.1) is 10.8 Å². The highest BCUT2D eigenvalue weighted by Crippen LogP contribution is 2.53. The highest BCUT2D eigenvalue weighted by atomic mass is 32.2. The maximum atomic E-state index is 13.4. The molecule has 2 bridgehead atoms. The van der Waals surface area contributed by atoms with Gasteiger partial charge in [-0.1, -0.05) is 26.8 Å². The number of hydrogen-bond acceptors (Lipinski definition) is 6. The molecule has 0 spiro atoms. The van der Waals surface area contributed by atoms with Crippen molar-refractivity contribution in [3.63, 3.8) is 0 Å². The third-order valence-electron chi connectivity index (χ3n) is 5.64. The van der Waals surface area contributed by atoms with E-state index in [9.17, 15) is 22.8 Å². The van der Waals surface area contributed by atoms with Crippen LogP contribution >= 0.6 is 0 Å². The summed E-state index contributed by atoms with van der Waals surface area (Å²) >= 11 is 0. The molecule has 164 valence electrons. The van der Waals surface area contributed by atoms with Crippen LogP contribution < -0.4 is 11.1 Å². The number of nitrogens with two attached hydrogens (primary N) is 1. The Bertz CT molecular complexity index is 990. The molecule has 3 amide bonds. The predicted molar refractivity (Wildman–Crippen MR) is 108 cm³/mol. The molecule has 2 atom stereocenters. The van der Waals surface area contributed by atoms with Crippen molar-refractivity contribution in [2.45, 2.75) is 51.0 Å². The van der Waals surface area contributed by atoms with E-state index in [1.165, 1.54) is 24.3 Å². The van der Waals surface area contributed by atoms with Gasteiger partial charge in [0.25, 0.3) is 5.91 Å². The van der Waals surface area contributed by atoms with Gasteiger partial charge in [-0.05, 0) is 48.3 Å². The number of sulfonamides is 1. The van der Waals surface area contributed by atoms with E-state index >= 15 is 0 Å². The van der Waals surface area contributed by atoms with Crippen molar-refractivity contribution in [2.24, 2.45) is 16.6 Å². The van der Waals surface area contributed by atoms with Crippen molar-refractivity contribution < 1.29 is 27.5 Å². The fourth-order valence-corrected chi connectivity index (χ4v) is 6.82. The van der Waals surface area contributed by atoms with Crippen molar-refractivity contribution in [1.82, 2.24) is 9.62 Å². The fourth-order valence-electron chi connectivity index (χ4n) is 5.00. The molecule has 3 rings (SSSR count). The van der Waals surface area contributed by atoms with Gasteiger partial charge in [0, 0.05) is 12.6 Å². The normalized spacial score (nSPS) is 25.5. The van der Waals surface area contributed by atoms with E-state index in [1.54, 1.807) is 9.62 Å². The number of amides is 3. The summed E-state index contributed by atoms with van der Waals surface area (Å²) in [6.45, 7) is 6.20. The topological polar surface area (TPSA) is 136 Å². The monoisotopic (exact) mass is 437 g/mol. The summed E-state index contributed by atoms with van der Waals surface area (Å²) in [5, 5.41) is 1.77. The Hall–Kier alpha value is -2.46. The smallest absolute Gasteiger partial charge is 0.338 e. The zero-order chi connectivity index (χ0) is 22.3. The third-order valence-corrected chi connectivity index (χ3v) is 7.53. The number of nitrogens with one attached hydrogen (secondary N) is 1. The van der Waals surface area contributed by atoms with Crippen LogP contribution in [0.2, 0.25) is 0 Å². The maximum Gasteiger partial charge on any atom is 0.338 e. The summed E-state index contributed by atoms with van der Waals surface area (Å²) in [4.78, 5) is 34.2. The predicted octanol–water partition coefficient (Wildman–Crippen LogP) is 1.63. The van der Waals surface area contributed by atoms with E-state index in [4.69, 9.17) is 10.5 Å². The number of nitrogens with zero attached hydrogens (tertiary/aromatic N) is 1. The van der Waals surface area contributed by atoms with Crippen LogP contribution in [0.5, 0.6) is 0 Å². The van der Waals surface area contributed by atoms with Crippen molar-refractivity contribution in [1.29, 1.82) is 0 Å². The Morgan fingerprint density at radius 3 is 2.60 bits per heavy atom. The first-order chi connectivity index (χ1) is 13.8. The number of hydrogen-bond donors (Lipinski definition) is 2. The van der Waals surface area contributed by atoms with Gasteiger partial charge >= 0.3 is 12.0 Å². The van der Waals surface area contributed by atoms with E-state index in [-0.39, 0.29) is 27.3 Å². The van der Waals surface area contributed by atoms with Crippen molar-refractivity contribution in [2.75, 3.05) is 13.2 Å². The maximum absolute atomic E-state index is 13.4. The lowest BCUT2D eigenvalue weighted by Gasteiger charge is -2.39. The van der Waals surface area contributed by atoms with Crippen LogP contribution in [0.4, 0.5) is 4.79 Å². The number of imide groups is 1. The Morgan fingerprint density at radius 1 is 1.23 bits per heavy atom. The minimum absolute atomic E-state index is 0.00309. The molecule has 2 aliphatic rings. The Balaban J connectivity index is 1.77. The molecule has 1 heterocycles. The Kier molecular flexibility index (Phi) is 5.68. The Morgan fingerprint density at radius 2 is 1.93 bits per heavy atom. The molecule has 0 aromatic heterocycles. The number of carbonyl (C=O) groups excluding carboxylic acids is 3. The standard InChI is InChI=1S/C20H27N3O6S/c1-19(2)8-14-9-20(3,11-19)12-23(14)30(27,28)15-6-4-5-13(7-15)17(25)29-10-16(24)22-18(21)26/h4-7,14H,8-12H2,1-3H3,(H3,21,22,24,26)/t14-,20-/m1/s1. The van der Waals surface area contributed by atoms with Gasteiger partial charge in [-0.15, -0.1) is 0 Å². The highest BCUT2D eigenvalue weighted by molar-refractivity contribution is 7.89. The summed E-state index contributed by atoms with van der Waals surface area (Å²) < 4.78 is 33.1. The van der Waals surface area contributed by atoms with Crippen LogP contribution in [0.1, 0.15) is 50.4 Å². The average molecular weight is 438 g/mol. The molecule has 0 radical (unpaired) electrons. The molecule has 30 heavy (non-hydrogen) atoms. The zero-order valence-corrected chi connectivity index (χ0v) is 18.1. The minimum Gasteiger partial charge on any atom is -0.452 e. The Labute approximate surface area is 176 Å². The van der Waals surface area contributed by atoms with E-state index in [1.807, 2.05) is 0 Å². The van der Waals surface area contributed by atoms with Crippen LogP contribution in [0.15, 0.2) is 29.2 Å². The second-order valence-corrected chi connectivity index (χ2v) is 11.2. The molecule has 1 aliphatic heterocycles. The molecule has 0 unspecified atom stereocenters. The van der Waals surface area contributed by atoms with Crippen molar-refractivity contribution in [3.8, 4) is 0 Å². The number of urea groups is 1. The number of fused-ring (bicyclic) bond motifs is 2. The first-order valence-electron chi connectivity index (χ1n) is 9.70. The molecule has 10 heteroatoms. The number of ether oxygens (including phenoxy) is 1. The molecule has 1 aliphatic carbocycles. The van der Waals surface area contributed by atoms with Gasteiger partial charge in [0.15, 0.2) is 6.61 Å². The molecule has 1 saturated carbocycles. The van der Waals surface area contributed by atoms with Crippen molar-refractivity contribution >= 4 is 27.9 Å². The van der Waals surface area contributed by atoms with Gasteiger partial charge in [-0.25, -0.2) is 18.0 Å². The second kappa shape index (κ2) is 7.66. The zero-order valence-electron chi connectivity index (χ0n) is 17.3. The van der Waals surface area contributed by atoms with Gasteiger partial charge < -0.3 is 10.5 Å². The largest absolute Gasteiger partial charge is 0.452 e.